The zero-order valence-corrected chi connectivity index (χ0v) is 20.1. The van der Waals surface area contributed by atoms with Gasteiger partial charge in [0.05, 0.1) is 12.5 Å². The van der Waals surface area contributed by atoms with Gasteiger partial charge >= 0.3 is 0 Å². The number of hydrogen-bond donors (Lipinski definition) is 2. The van der Waals surface area contributed by atoms with E-state index in [1.54, 1.807) is 30.3 Å². The highest BCUT2D eigenvalue weighted by Gasteiger charge is 2.18. The maximum absolute atomic E-state index is 13.5. The van der Waals surface area contributed by atoms with Crippen LogP contribution in [0.15, 0.2) is 69.9 Å². The first-order valence-electron chi connectivity index (χ1n) is 11.9. The number of aliphatic hydroxyl groups excluding tert-OH is 1. The predicted molar refractivity (Wildman–Crippen MR) is 137 cm³/mol. The van der Waals surface area contributed by atoms with E-state index < -0.39 is 6.10 Å². The number of para-hydroxylation sites is 1. The van der Waals surface area contributed by atoms with Crippen molar-refractivity contribution in [2.24, 2.45) is 0 Å². The van der Waals surface area contributed by atoms with Crippen LogP contribution in [0.4, 0.5) is 0 Å². The van der Waals surface area contributed by atoms with E-state index in [9.17, 15) is 9.90 Å². The van der Waals surface area contributed by atoms with Crippen LogP contribution in [0.5, 0.6) is 17.2 Å². The second-order valence-electron chi connectivity index (χ2n) is 8.36. The highest BCUT2D eigenvalue weighted by Crippen LogP contribution is 2.34. The number of unbranched alkanes of at least 4 members (excludes halogenated alkanes) is 1. The molecule has 35 heavy (non-hydrogen) atoms. The summed E-state index contributed by atoms with van der Waals surface area (Å²) in [5.41, 5.74) is 1.43. The molecule has 0 amide bonds. The second-order valence-corrected chi connectivity index (χ2v) is 8.36. The van der Waals surface area contributed by atoms with Crippen molar-refractivity contribution in [1.82, 2.24) is 5.32 Å². The van der Waals surface area contributed by atoms with E-state index in [1.807, 2.05) is 30.3 Å². The Hall–Kier alpha value is -3.55. The van der Waals surface area contributed by atoms with Crippen molar-refractivity contribution in [3.8, 4) is 17.2 Å². The number of fused-ring (bicyclic) bond motifs is 2. The second kappa shape index (κ2) is 11.7. The number of ether oxygens (including phenoxy) is 3. The molecule has 0 aliphatic carbocycles. The fourth-order valence-electron chi connectivity index (χ4n) is 3.83. The molecular formula is C28H31NO6. The van der Waals surface area contributed by atoms with Gasteiger partial charge in [0.1, 0.15) is 41.8 Å². The van der Waals surface area contributed by atoms with E-state index in [2.05, 4.69) is 12.2 Å². The topological polar surface area (TPSA) is 90.2 Å². The summed E-state index contributed by atoms with van der Waals surface area (Å²) in [7, 11) is 1.53. The van der Waals surface area contributed by atoms with Crippen molar-refractivity contribution < 1.29 is 23.7 Å². The Morgan fingerprint density at radius 2 is 1.86 bits per heavy atom. The molecule has 4 aromatic rings. The van der Waals surface area contributed by atoms with Gasteiger partial charge in [-0.1, -0.05) is 49.7 Å². The molecule has 4 rings (SSSR count). The van der Waals surface area contributed by atoms with E-state index in [1.165, 1.54) is 7.11 Å². The van der Waals surface area contributed by atoms with Gasteiger partial charge in [-0.05, 0) is 30.7 Å². The van der Waals surface area contributed by atoms with Gasteiger partial charge in [0, 0.05) is 18.7 Å². The molecule has 0 radical (unpaired) electrons. The van der Waals surface area contributed by atoms with Crippen LogP contribution in [-0.2, 0) is 6.61 Å². The van der Waals surface area contributed by atoms with Crippen LogP contribution in [0.25, 0.3) is 21.9 Å². The Morgan fingerprint density at radius 3 is 2.63 bits per heavy atom. The largest absolute Gasteiger partial charge is 0.493 e. The van der Waals surface area contributed by atoms with E-state index >= 15 is 0 Å². The average molecular weight is 478 g/mol. The zero-order chi connectivity index (χ0) is 24.6. The van der Waals surface area contributed by atoms with E-state index in [0.717, 1.165) is 24.9 Å². The monoisotopic (exact) mass is 477 g/mol. The SMILES string of the molecule is CCCCNCC(O)COc1cc(OCc2ccccc2)c2c(=O)c3cccc(OC)c3oc2c1. The lowest BCUT2D eigenvalue weighted by molar-refractivity contribution is 0.106. The Balaban J connectivity index is 1.67. The zero-order valence-electron chi connectivity index (χ0n) is 20.1. The van der Waals surface area contributed by atoms with Crippen molar-refractivity contribution >= 4 is 21.9 Å². The average Bonchev–Trinajstić information content (AvgIpc) is 2.89. The van der Waals surface area contributed by atoms with E-state index in [-0.39, 0.29) is 18.6 Å². The third-order valence-corrected chi connectivity index (χ3v) is 5.69. The molecule has 0 fully saturated rings. The molecule has 2 N–H and O–H groups in total. The molecule has 0 aliphatic heterocycles. The minimum Gasteiger partial charge on any atom is -0.493 e. The summed E-state index contributed by atoms with van der Waals surface area (Å²) in [6, 6.07) is 18.2. The Morgan fingerprint density at radius 1 is 1.03 bits per heavy atom. The van der Waals surface area contributed by atoms with Crippen LogP contribution < -0.4 is 25.0 Å². The van der Waals surface area contributed by atoms with Gasteiger partial charge in [0.2, 0.25) is 5.43 Å². The normalized spacial score (nSPS) is 12.1. The van der Waals surface area contributed by atoms with Gasteiger partial charge in [-0.3, -0.25) is 4.79 Å². The van der Waals surface area contributed by atoms with Gasteiger partial charge in [-0.2, -0.15) is 0 Å². The number of aliphatic hydroxyl groups is 1. The van der Waals surface area contributed by atoms with Crippen LogP contribution in [0, 0.1) is 0 Å². The first kappa shape index (κ1) is 24.6. The van der Waals surface area contributed by atoms with E-state index in [0.29, 0.717) is 45.7 Å². The van der Waals surface area contributed by atoms with Crippen molar-refractivity contribution in [2.75, 3.05) is 26.8 Å². The minimum atomic E-state index is -0.681. The van der Waals surface area contributed by atoms with Crippen LogP contribution in [0.2, 0.25) is 0 Å². The third kappa shape index (κ3) is 5.93. The predicted octanol–water partition coefficient (Wildman–Crippen LogP) is 4.66. The maximum Gasteiger partial charge on any atom is 0.204 e. The summed E-state index contributed by atoms with van der Waals surface area (Å²) >= 11 is 0. The van der Waals surface area contributed by atoms with Crippen LogP contribution in [0.1, 0.15) is 25.3 Å². The van der Waals surface area contributed by atoms with Crippen molar-refractivity contribution in [3.63, 3.8) is 0 Å². The molecule has 7 nitrogen and oxygen atoms in total. The molecule has 1 unspecified atom stereocenters. The smallest absolute Gasteiger partial charge is 0.204 e. The molecular weight excluding hydrogens is 446 g/mol. The summed E-state index contributed by atoms with van der Waals surface area (Å²) in [6.07, 6.45) is 1.46. The Bertz CT molecular complexity index is 1320. The fourth-order valence-corrected chi connectivity index (χ4v) is 3.83. The van der Waals surface area contributed by atoms with Gasteiger partial charge in [0.15, 0.2) is 11.3 Å². The number of nitrogens with one attached hydrogen (secondary N) is 1. The van der Waals surface area contributed by atoms with Crippen molar-refractivity contribution in [3.05, 3.63) is 76.5 Å². The van der Waals surface area contributed by atoms with Crippen LogP contribution in [-0.4, -0.2) is 38.0 Å². The van der Waals surface area contributed by atoms with Gasteiger partial charge in [-0.15, -0.1) is 0 Å². The van der Waals surface area contributed by atoms with Gasteiger partial charge < -0.3 is 29.1 Å². The Labute approximate surface area is 204 Å². The van der Waals surface area contributed by atoms with Crippen molar-refractivity contribution in [2.45, 2.75) is 32.5 Å². The summed E-state index contributed by atoms with van der Waals surface area (Å²) < 4.78 is 23.5. The number of benzene rings is 3. The molecule has 1 heterocycles. The molecule has 0 spiro atoms. The summed E-state index contributed by atoms with van der Waals surface area (Å²) in [6.45, 7) is 3.77. The van der Waals surface area contributed by atoms with Crippen molar-refractivity contribution in [1.29, 1.82) is 0 Å². The molecule has 1 aromatic heterocycles. The lowest BCUT2D eigenvalue weighted by atomic mass is 10.1. The molecule has 7 heteroatoms. The molecule has 0 saturated heterocycles. The van der Waals surface area contributed by atoms with Gasteiger partial charge in [-0.25, -0.2) is 0 Å². The van der Waals surface area contributed by atoms with Gasteiger partial charge in [0.25, 0.3) is 0 Å². The first-order chi connectivity index (χ1) is 17.1. The van der Waals surface area contributed by atoms with Crippen LogP contribution >= 0.6 is 0 Å². The molecule has 3 aromatic carbocycles. The molecule has 0 saturated carbocycles. The molecule has 0 bridgehead atoms. The lowest BCUT2D eigenvalue weighted by Crippen LogP contribution is -2.31. The number of methoxy groups -OCH3 is 1. The quantitative estimate of drug-likeness (QED) is 0.226. The Kier molecular flexibility index (Phi) is 8.23. The lowest BCUT2D eigenvalue weighted by Gasteiger charge is -2.16. The highest BCUT2D eigenvalue weighted by molar-refractivity contribution is 5.95. The third-order valence-electron chi connectivity index (χ3n) is 5.69. The number of hydrogen-bond acceptors (Lipinski definition) is 7. The molecule has 184 valence electrons. The maximum atomic E-state index is 13.5. The van der Waals surface area contributed by atoms with Crippen LogP contribution in [0.3, 0.4) is 0 Å². The fraction of sp³-hybridized carbons (Fsp3) is 0.321. The standard InChI is InChI=1S/C28H31NO6/c1-3-4-13-29-16-20(30)18-33-21-14-24(34-17-19-9-6-5-7-10-19)26-25(15-21)35-28-22(27(26)31)11-8-12-23(28)32-2/h5-12,14-15,20,29-30H,3-4,13,16-18H2,1-2H3. The van der Waals surface area contributed by atoms with E-state index in [4.69, 9.17) is 18.6 Å². The molecule has 0 aliphatic rings. The summed E-state index contributed by atoms with van der Waals surface area (Å²) in [5.74, 6) is 1.26. The molecule has 1 atom stereocenters. The first-order valence-corrected chi connectivity index (χ1v) is 11.9. The summed E-state index contributed by atoms with van der Waals surface area (Å²) in [5, 5.41) is 14.2. The highest BCUT2D eigenvalue weighted by atomic mass is 16.5. The number of rotatable bonds is 12. The minimum absolute atomic E-state index is 0.0872. The summed E-state index contributed by atoms with van der Waals surface area (Å²) in [4.78, 5) is 13.5.